The van der Waals surface area contributed by atoms with Crippen molar-refractivity contribution in [3.05, 3.63) is 23.8 Å². The second-order valence-electron chi connectivity index (χ2n) is 4.06. The lowest BCUT2D eigenvalue weighted by atomic mass is 10.2. The molecule has 0 saturated heterocycles. The van der Waals surface area contributed by atoms with Crippen molar-refractivity contribution in [1.82, 2.24) is 4.72 Å². The van der Waals surface area contributed by atoms with Gasteiger partial charge in [-0.15, -0.1) is 0 Å². The maximum Gasteiger partial charge on any atom is 0.383 e. The molecule has 0 fully saturated rings. The molecule has 0 radical (unpaired) electrons. The van der Waals surface area contributed by atoms with E-state index in [1.54, 1.807) is 5.32 Å². The molecule has 2 N–H and O–H groups in total. The van der Waals surface area contributed by atoms with Crippen molar-refractivity contribution in [2.24, 2.45) is 0 Å². The fraction of sp³-hybridized carbons (Fsp3) is 0.364. The molecule has 21 heavy (non-hydrogen) atoms. The first-order valence-electron chi connectivity index (χ1n) is 5.54. The molecule has 0 aliphatic carbocycles. The molecule has 0 aromatic heterocycles. The molecular weight excluding hydrogens is 316 g/mol. The fourth-order valence-corrected chi connectivity index (χ4v) is 2.08. The second-order valence-corrected chi connectivity index (χ2v) is 5.95. The van der Waals surface area contributed by atoms with Gasteiger partial charge >= 0.3 is 18.3 Å². The van der Waals surface area contributed by atoms with Crippen LogP contribution in [0.25, 0.3) is 0 Å². The molecule has 0 spiro atoms. The van der Waals surface area contributed by atoms with Gasteiger partial charge in [0.05, 0.1) is 4.90 Å². The number of rotatable bonds is 5. The first-order valence-corrected chi connectivity index (χ1v) is 7.02. The van der Waals surface area contributed by atoms with Crippen LogP contribution in [0.1, 0.15) is 5.56 Å². The van der Waals surface area contributed by atoms with Gasteiger partial charge in [-0.05, 0) is 31.7 Å². The van der Waals surface area contributed by atoms with Crippen LogP contribution in [0.2, 0.25) is 0 Å². The van der Waals surface area contributed by atoms with Crippen molar-refractivity contribution in [1.29, 1.82) is 0 Å². The van der Waals surface area contributed by atoms with Crippen LogP contribution >= 0.6 is 0 Å². The molecule has 1 amide bonds. The third-order valence-corrected chi connectivity index (χ3v) is 4.03. The lowest BCUT2D eigenvalue weighted by Crippen LogP contribution is -2.41. The minimum Gasteiger partial charge on any atom is -0.320 e. The Balaban J connectivity index is 3.16. The predicted molar refractivity (Wildman–Crippen MR) is 67.0 cm³/mol. The Morgan fingerprint density at radius 1 is 1.29 bits per heavy atom. The van der Waals surface area contributed by atoms with Crippen LogP contribution in [0.3, 0.4) is 0 Å². The summed E-state index contributed by atoms with van der Waals surface area (Å²) < 4.78 is 75.0. The minimum atomic E-state index is -4.87. The van der Waals surface area contributed by atoms with Gasteiger partial charge < -0.3 is 5.32 Å². The Labute approximate surface area is 118 Å². The highest BCUT2D eigenvalue weighted by Crippen LogP contribution is 2.26. The highest BCUT2D eigenvalue weighted by molar-refractivity contribution is 7.89. The van der Waals surface area contributed by atoms with E-state index < -0.39 is 28.3 Å². The van der Waals surface area contributed by atoms with Gasteiger partial charge in [0.2, 0.25) is 10.0 Å². The van der Waals surface area contributed by atoms with Gasteiger partial charge in [-0.1, -0.05) is 6.07 Å². The van der Waals surface area contributed by atoms with E-state index in [1.165, 1.54) is 19.1 Å². The first-order chi connectivity index (χ1) is 9.52. The summed E-state index contributed by atoms with van der Waals surface area (Å²) >= 11 is 0. The number of halogens is 4. The number of anilines is 1. The van der Waals surface area contributed by atoms with Crippen LogP contribution in [-0.4, -0.2) is 33.7 Å². The molecule has 0 bridgehead atoms. The number of nitrogens with one attached hydrogen (secondary N) is 2. The highest BCUT2D eigenvalue weighted by atomic mass is 32.2. The predicted octanol–water partition coefficient (Wildman–Crippen LogP) is 1.74. The molecule has 0 atom stereocenters. The average molecular weight is 328 g/mol. The van der Waals surface area contributed by atoms with E-state index in [0.29, 0.717) is 0 Å². The Bertz CT molecular complexity index is 647. The third kappa shape index (κ3) is 3.70. The normalized spacial score (nSPS) is 12.5. The van der Waals surface area contributed by atoms with Crippen LogP contribution in [-0.2, 0) is 14.8 Å². The van der Waals surface area contributed by atoms with E-state index in [2.05, 4.69) is 0 Å². The Morgan fingerprint density at radius 2 is 1.86 bits per heavy atom. The summed E-state index contributed by atoms with van der Waals surface area (Å²) in [5.41, 5.74) is -0.0554. The average Bonchev–Trinajstić information content (AvgIpc) is 2.40. The lowest BCUT2D eigenvalue weighted by molar-refractivity contribution is -0.163. The summed E-state index contributed by atoms with van der Waals surface area (Å²) in [6.07, 6.45) is -4.16. The molecule has 0 heterocycles. The van der Waals surface area contributed by atoms with Gasteiger partial charge in [0.15, 0.2) is 0 Å². The van der Waals surface area contributed by atoms with Crippen molar-refractivity contribution >= 4 is 21.6 Å². The summed E-state index contributed by atoms with van der Waals surface area (Å²) in [6, 6.07) is 3.34. The standard InChI is InChI=1S/C11H12F4N2O3S/c1-6-3-4-7(21(19,20)16-2)5-8(6)17-10(18)11(14,15)9(12)13/h3-5,9,16H,1-2H3,(H,17,18). The van der Waals surface area contributed by atoms with E-state index in [1.807, 2.05) is 4.72 Å². The topological polar surface area (TPSA) is 75.3 Å². The molecule has 1 rings (SSSR count). The van der Waals surface area contributed by atoms with Crippen molar-refractivity contribution in [3.8, 4) is 0 Å². The van der Waals surface area contributed by atoms with E-state index in [4.69, 9.17) is 0 Å². The number of sulfonamides is 1. The van der Waals surface area contributed by atoms with Crippen LogP contribution in [0, 0.1) is 6.92 Å². The van der Waals surface area contributed by atoms with Gasteiger partial charge in [-0.2, -0.15) is 8.78 Å². The van der Waals surface area contributed by atoms with Crippen LogP contribution in [0.4, 0.5) is 23.2 Å². The summed E-state index contributed by atoms with van der Waals surface area (Å²) in [4.78, 5) is 10.9. The molecule has 0 unspecified atom stereocenters. The molecule has 0 aliphatic heterocycles. The lowest BCUT2D eigenvalue weighted by Gasteiger charge is -2.16. The summed E-state index contributed by atoms with van der Waals surface area (Å²) in [6.45, 7) is 1.39. The van der Waals surface area contributed by atoms with Gasteiger partial charge in [-0.25, -0.2) is 21.9 Å². The van der Waals surface area contributed by atoms with Gasteiger partial charge in [0, 0.05) is 5.69 Å². The zero-order valence-corrected chi connectivity index (χ0v) is 11.8. The Morgan fingerprint density at radius 3 is 2.33 bits per heavy atom. The SMILES string of the molecule is CNS(=O)(=O)c1ccc(C)c(NC(=O)C(F)(F)C(F)F)c1. The monoisotopic (exact) mass is 328 g/mol. The molecule has 0 saturated carbocycles. The van der Waals surface area contributed by atoms with E-state index >= 15 is 0 Å². The number of benzene rings is 1. The summed E-state index contributed by atoms with van der Waals surface area (Å²) in [7, 11) is -2.72. The minimum absolute atomic E-state index is 0.239. The number of hydrogen-bond donors (Lipinski definition) is 2. The number of alkyl halides is 4. The molecule has 1 aromatic carbocycles. The first kappa shape index (κ1) is 17.4. The van der Waals surface area contributed by atoms with E-state index in [9.17, 15) is 30.8 Å². The van der Waals surface area contributed by atoms with Crippen LogP contribution < -0.4 is 10.0 Å². The second kappa shape index (κ2) is 5.98. The van der Waals surface area contributed by atoms with Crippen LogP contribution in [0.15, 0.2) is 23.1 Å². The Kier molecular flexibility index (Phi) is 4.95. The molecule has 10 heteroatoms. The molecule has 5 nitrogen and oxygen atoms in total. The quantitative estimate of drug-likeness (QED) is 0.809. The number of hydrogen-bond acceptors (Lipinski definition) is 3. The molecule has 1 aromatic rings. The number of carbonyl (C=O) groups excluding carboxylic acids is 1. The molecule has 118 valence electrons. The van der Waals surface area contributed by atoms with Crippen molar-refractivity contribution in [2.45, 2.75) is 24.2 Å². The maximum atomic E-state index is 12.9. The molecule has 0 aliphatic rings. The number of amides is 1. The van der Waals surface area contributed by atoms with E-state index in [-0.39, 0.29) is 16.1 Å². The molecular formula is C11H12F4N2O3S. The number of carbonyl (C=O) groups is 1. The van der Waals surface area contributed by atoms with Gasteiger partial charge in [0.1, 0.15) is 0 Å². The summed E-state index contributed by atoms with van der Waals surface area (Å²) in [5, 5.41) is 1.61. The smallest absolute Gasteiger partial charge is 0.320 e. The van der Waals surface area contributed by atoms with Gasteiger partial charge in [0.25, 0.3) is 0 Å². The fourth-order valence-electron chi connectivity index (χ4n) is 1.33. The zero-order valence-electron chi connectivity index (χ0n) is 11.0. The highest BCUT2D eigenvalue weighted by Gasteiger charge is 2.49. The summed E-state index contributed by atoms with van der Waals surface area (Å²) in [5.74, 6) is -7.08. The Hall–Kier alpha value is -1.68. The van der Waals surface area contributed by atoms with Crippen molar-refractivity contribution < 1.29 is 30.8 Å². The van der Waals surface area contributed by atoms with Crippen molar-refractivity contribution in [3.63, 3.8) is 0 Å². The van der Waals surface area contributed by atoms with Gasteiger partial charge in [-0.3, -0.25) is 4.79 Å². The van der Waals surface area contributed by atoms with Crippen LogP contribution in [0.5, 0.6) is 0 Å². The zero-order chi connectivity index (χ0) is 16.4. The number of aryl methyl sites for hydroxylation is 1. The maximum absolute atomic E-state index is 12.9. The van der Waals surface area contributed by atoms with Crippen molar-refractivity contribution in [2.75, 3.05) is 12.4 Å². The third-order valence-electron chi connectivity index (χ3n) is 2.61. The van der Waals surface area contributed by atoms with E-state index in [0.717, 1.165) is 13.1 Å². The largest absolute Gasteiger partial charge is 0.383 e.